The molecule has 3 aromatic rings. The molecule has 4 heterocycles. The van der Waals surface area contributed by atoms with Crippen LogP contribution in [0.3, 0.4) is 0 Å². The molecule has 0 aromatic carbocycles. The van der Waals surface area contributed by atoms with Gasteiger partial charge in [-0.15, -0.1) is 10.2 Å². The zero-order valence-corrected chi connectivity index (χ0v) is 15.1. The summed E-state index contributed by atoms with van der Waals surface area (Å²) in [6.45, 7) is 1.07. The van der Waals surface area contributed by atoms with E-state index in [9.17, 15) is 9.59 Å². The smallest absolute Gasteiger partial charge is 0.267 e. The second-order valence-corrected chi connectivity index (χ2v) is 6.40. The van der Waals surface area contributed by atoms with Gasteiger partial charge in [-0.1, -0.05) is 0 Å². The molecular formula is C18H19N7O3. The van der Waals surface area contributed by atoms with Gasteiger partial charge in [-0.3, -0.25) is 9.59 Å². The molecule has 0 bridgehead atoms. The van der Waals surface area contributed by atoms with Gasteiger partial charge in [-0.2, -0.15) is 10.2 Å². The summed E-state index contributed by atoms with van der Waals surface area (Å²) in [7, 11) is 0. The minimum atomic E-state index is -0.286. The Hall–Kier alpha value is -3.56. The highest BCUT2D eigenvalue weighted by molar-refractivity contribution is 5.75. The maximum absolute atomic E-state index is 12.4. The predicted octanol–water partition coefficient (Wildman–Crippen LogP) is 0.289. The Morgan fingerprint density at radius 1 is 1.07 bits per heavy atom. The van der Waals surface area contributed by atoms with E-state index in [4.69, 9.17) is 4.74 Å². The second-order valence-electron chi connectivity index (χ2n) is 6.40. The third-order valence-corrected chi connectivity index (χ3v) is 4.52. The lowest BCUT2D eigenvalue weighted by Crippen LogP contribution is -2.44. The molecule has 0 unspecified atom stereocenters. The SMILES string of the molecule is O=C(Cn1ncccc1=O)N1CCC(Oc2ccc(-n3cccn3)nn2)CC1. The van der Waals surface area contributed by atoms with E-state index in [1.54, 1.807) is 40.2 Å². The van der Waals surface area contributed by atoms with Gasteiger partial charge in [-0.25, -0.2) is 9.36 Å². The Labute approximate surface area is 160 Å². The number of carbonyl (C=O) groups excluding carboxylic acids is 1. The van der Waals surface area contributed by atoms with Gasteiger partial charge in [0.2, 0.25) is 11.8 Å². The fraction of sp³-hybridized carbons (Fsp3) is 0.333. The number of ether oxygens (including phenoxy) is 1. The van der Waals surface area contributed by atoms with Crippen molar-refractivity contribution >= 4 is 5.91 Å². The monoisotopic (exact) mass is 381 g/mol. The Morgan fingerprint density at radius 2 is 1.89 bits per heavy atom. The first kappa shape index (κ1) is 17.8. The summed E-state index contributed by atoms with van der Waals surface area (Å²) in [4.78, 5) is 25.8. The van der Waals surface area contributed by atoms with Gasteiger partial charge in [0.15, 0.2) is 5.82 Å². The molecule has 4 rings (SSSR count). The van der Waals surface area contributed by atoms with Gasteiger partial charge in [0.1, 0.15) is 12.6 Å². The van der Waals surface area contributed by atoms with Crippen LogP contribution in [0.2, 0.25) is 0 Å². The molecule has 0 radical (unpaired) electrons. The molecule has 144 valence electrons. The van der Waals surface area contributed by atoms with Crippen LogP contribution in [0.25, 0.3) is 5.82 Å². The van der Waals surface area contributed by atoms with Crippen LogP contribution in [-0.4, -0.2) is 59.8 Å². The molecule has 0 aliphatic carbocycles. The lowest BCUT2D eigenvalue weighted by Gasteiger charge is -2.31. The van der Waals surface area contributed by atoms with Crippen LogP contribution in [-0.2, 0) is 11.3 Å². The molecule has 3 aromatic heterocycles. The number of nitrogens with zero attached hydrogens (tertiary/aromatic N) is 7. The average Bonchev–Trinajstić information content (AvgIpc) is 3.26. The molecule has 10 heteroatoms. The highest BCUT2D eigenvalue weighted by Crippen LogP contribution is 2.17. The number of aromatic nitrogens is 6. The van der Waals surface area contributed by atoms with Gasteiger partial charge < -0.3 is 9.64 Å². The van der Waals surface area contributed by atoms with Gasteiger partial charge in [0.05, 0.1) is 0 Å². The fourth-order valence-corrected chi connectivity index (χ4v) is 3.03. The normalized spacial score (nSPS) is 14.8. The molecule has 0 saturated carbocycles. The quantitative estimate of drug-likeness (QED) is 0.625. The van der Waals surface area contributed by atoms with Crippen molar-refractivity contribution in [2.24, 2.45) is 0 Å². The molecule has 10 nitrogen and oxygen atoms in total. The largest absolute Gasteiger partial charge is 0.473 e. The third kappa shape index (κ3) is 4.05. The first-order valence-electron chi connectivity index (χ1n) is 8.99. The van der Waals surface area contributed by atoms with Crippen LogP contribution in [0.5, 0.6) is 5.88 Å². The first-order chi connectivity index (χ1) is 13.7. The summed E-state index contributed by atoms with van der Waals surface area (Å²) in [5.41, 5.74) is -0.286. The van der Waals surface area contributed by atoms with Crippen LogP contribution in [0.15, 0.2) is 53.7 Å². The van der Waals surface area contributed by atoms with Crippen LogP contribution in [0.4, 0.5) is 0 Å². The van der Waals surface area contributed by atoms with Crippen molar-refractivity contribution in [1.29, 1.82) is 0 Å². The first-order valence-corrected chi connectivity index (χ1v) is 8.99. The maximum Gasteiger partial charge on any atom is 0.267 e. The molecule has 1 amide bonds. The van der Waals surface area contributed by atoms with Gasteiger partial charge in [0, 0.05) is 56.7 Å². The maximum atomic E-state index is 12.4. The number of likely N-dealkylation sites (tertiary alicyclic amines) is 1. The van der Waals surface area contributed by atoms with Crippen LogP contribution in [0, 0.1) is 0 Å². The molecular weight excluding hydrogens is 362 g/mol. The van der Waals surface area contributed by atoms with Crippen molar-refractivity contribution in [3.63, 3.8) is 0 Å². The molecule has 0 atom stereocenters. The summed E-state index contributed by atoms with van der Waals surface area (Å²) in [5, 5.41) is 16.2. The predicted molar refractivity (Wildman–Crippen MR) is 97.9 cm³/mol. The van der Waals surface area contributed by atoms with Crippen molar-refractivity contribution in [1.82, 2.24) is 34.7 Å². The highest BCUT2D eigenvalue weighted by Gasteiger charge is 2.24. The molecule has 0 spiro atoms. The second kappa shape index (κ2) is 7.99. The number of hydrogen-bond donors (Lipinski definition) is 0. The summed E-state index contributed by atoms with van der Waals surface area (Å²) < 4.78 is 8.67. The number of carbonyl (C=O) groups is 1. The lowest BCUT2D eigenvalue weighted by molar-refractivity contribution is -0.133. The summed E-state index contributed by atoms with van der Waals surface area (Å²) >= 11 is 0. The lowest BCUT2D eigenvalue weighted by atomic mass is 10.1. The molecule has 1 saturated heterocycles. The third-order valence-electron chi connectivity index (χ3n) is 4.52. The molecule has 28 heavy (non-hydrogen) atoms. The zero-order chi connectivity index (χ0) is 19.3. The van der Waals surface area contributed by atoms with Gasteiger partial charge in [0.25, 0.3) is 5.56 Å². The van der Waals surface area contributed by atoms with E-state index in [-0.39, 0.29) is 24.1 Å². The van der Waals surface area contributed by atoms with Crippen molar-refractivity contribution in [3.05, 3.63) is 59.3 Å². The van der Waals surface area contributed by atoms with Crippen molar-refractivity contribution in [2.45, 2.75) is 25.5 Å². The minimum Gasteiger partial charge on any atom is -0.473 e. The van der Waals surface area contributed by atoms with Crippen molar-refractivity contribution < 1.29 is 9.53 Å². The molecule has 1 aliphatic rings. The number of hydrogen-bond acceptors (Lipinski definition) is 7. The summed E-state index contributed by atoms with van der Waals surface area (Å²) in [5.74, 6) is 0.936. The fourth-order valence-electron chi connectivity index (χ4n) is 3.03. The Kier molecular flexibility index (Phi) is 5.09. The highest BCUT2D eigenvalue weighted by atomic mass is 16.5. The minimum absolute atomic E-state index is 0.0357. The standard InChI is InChI=1S/C18H19N7O3/c26-17-3-1-8-20-25(17)13-18(27)23-11-6-14(7-12-23)28-16-5-4-15(21-22-16)24-10-2-9-19-24/h1-5,8-10,14H,6-7,11-13H2. The van der Waals surface area contributed by atoms with E-state index in [0.717, 1.165) is 0 Å². The van der Waals surface area contributed by atoms with Crippen LogP contribution >= 0.6 is 0 Å². The zero-order valence-electron chi connectivity index (χ0n) is 15.1. The van der Waals surface area contributed by atoms with E-state index in [1.165, 1.54) is 16.9 Å². The van der Waals surface area contributed by atoms with E-state index in [2.05, 4.69) is 20.4 Å². The molecule has 1 aliphatic heterocycles. The van der Waals surface area contributed by atoms with E-state index in [0.29, 0.717) is 37.6 Å². The van der Waals surface area contributed by atoms with Crippen molar-refractivity contribution in [2.75, 3.05) is 13.1 Å². The summed E-state index contributed by atoms with van der Waals surface area (Å²) in [6, 6.07) is 8.30. The average molecular weight is 381 g/mol. The number of piperidine rings is 1. The van der Waals surface area contributed by atoms with Crippen LogP contribution < -0.4 is 10.3 Å². The van der Waals surface area contributed by atoms with Crippen LogP contribution in [0.1, 0.15) is 12.8 Å². The molecule has 0 N–H and O–H groups in total. The van der Waals surface area contributed by atoms with Gasteiger partial charge >= 0.3 is 0 Å². The Morgan fingerprint density at radius 3 is 2.57 bits per heavy atom. The Bertz CT molecular complexity index is 977. The number of rotatable bonds is 5. The Balaban J connectivity index is 1.29. The number of amides is 1. The van der Waals surface area contributed by atoms with E-state index >= 15 is 0 Å². The van der Waals surface area contributed by atoms with E-state index in [1.807, 2.05) is 6.07 Å². The topological polar surface area (TPSA) is 108 Å². The molecule has 1 fully saturated rings. The van der Waals surface area contributed by atoms with E-state index < -0.39 is 0 Å². The van der Waals surface area contributed by atoms with Crippen molar-refractivity contribution in [3.8, 4) is 11.7 Å². The summed E-state index contributed by atoms with van der Waals surface area (Å²) in [6.07, 6.45) is 6.29. The van der Waals surface area contributed by atoms with Gasteiger partial charge in [-0.05, 0) is 18.2 Å².